The molecule has 0 bridgehead atoms. The summed E-state index contributed by atoms with van der Waals surface area (Å²) in [6.07, 6.45) is 9.54. The number of aromatic amines is 1. The second-order valence-corrected chi connectivity index (χ2v) is 16.3. The minimum absolute atomic E-state index is 0.00862. The minimum Gasteiger partial charge on any atom is -0.367 e. The van der Waals surface area contributed by atoms with Gasteiger partial charge in [-0.2, -0.15) is 0 Å². The first kappa shape index (κ1) is 32.4. The molecule has 0 spiro atoms. The lowest BCUT2D eigenvalue weighted by Gasteiger charge is -2.40. The Bertz CT molecular complexity index is 1620. The van der Waals surface area contributed by atoms with Crippen molar-refractivity contribution in [1.82, 2.24) is 34.1 Å². The van der Waals surface area contributed by atoms with Gasteiger partial charge in [-0.3, -0.25) is 24.0 Å². The molecule has 2 aromatic rings. The number of amides is 2. The molecule has 5 aliphatic rings. The molecule has 4 fully saturated rings. The Labute approximate surface area is 280 Å². The highest BCUT2D eigenvalue weighted by molar-refractivity contribution is 8.01. The number of carbonyl (C=O) groups excluding carboxylic acids is 2. The van der Waals surface area contributed by atoms with Crippen molar-refractivity contribution in [2.45, 2.75) is 94.8 Å². The lowest BCUT2D eigenvalue weighted by Crippen LogP contribution is -2.48. The highest BCUT2D eigenvalue weighted by atomic mass is 32.2. The number of likely N-dealkylation sites (tertiary alicyclic amines) is 1. The quantitative estimate of drug-likeness (QED) is 0.438. The van der Waals surface area contributed by atoms with Gasteiger partial charge < -0.3 is 14.7 Å². The van der Waals surface area contributed by atoms with Crippen LogP contribution in [0.25, 0.3) is 11.2 Å². The van der Waals surface area contributed by atoms with E-state index in [4.69, 9.17) is 0 Å². The maximum absolute atomic E-state index is 15.7. The molecule has 2 amide bonds. The van der Waals surface area contributed by atoms with Crippen molar-refractivity contribution in [3.05, 3.63) is 52.0 Å². The number of piperazine rings is 1. The van der Waals surface area contributed by atoms with E-state index in [0.29, 0.717) is 56.3 Å². The Morgan fingerprint density at radius 3 is 2.49 bits per heavy atom. The Hall–Kier alpha value is -3.12. The van der Waals surface area contributed by atoms with Crippen molar-refractivity contribution in [3.63, 3.8) is 0 Å². The zero-order valence-corrected chi connectivity index (χ0v) is 28.7. The fraction of sp³-hybridized carbons (Fsp3) is 0.657. The lowest BCUT2D eigenvalue weighted by molar-refractivity contribution is -0.136. The molecule has 47 heavy (non-hydrogen) atoms. The van der Waals surface area contributed by atoms with Gasteiger partial charge in [-0.25, -0.2) is 14.2 Å². The van der Waals surface area contributed by atoms with Gasteiger partial charge in [-0.05, 0) is 74.1 Å². The Morgan fingerprint density at radius 2 is 1.79 bits per heavy atom. The third-order valence-electron chi connectivity index (χ3n) is 10.5. The smallest absolute Gasteiger partial charge is 0.327 e. The number of nitrogens with zero attached hydrogens (tertiary/aromatic N) is 6. The predicted octanol–water partition coefficient (Wildman–Crippen LogP) is 4.67. The van der Waals surface area contributed by atoms with E-state index >= 15 is 4.39 Å². The first-order valence-corrected chi connectivity index (χ1v) is 18.4. The van der Waals surface area contributed by atoms with E-state index in [9.17, 15) is 14.4 Å². The van der Waals surface area contributed by atoms with E-state index in [1.165, 1.54) is 12.8 Å². The molecule has 2 aromatic heterocycles. The summed E-state index contributed by atoms with van der Waals surface area (Å²) in [5.74, 6) is -0.202. The van der Waals surface area contributed by atoms with E-state index in [1.807, 2.05) is 21.9 Å². The molecule has 0 aromatic carbocycles. The second-order valence-electron chi connectivity index (χ2n) is 15.0. The zero-order valence-electron chi connectivity index (χ0n) is 27.9. The molecule has 3 saturated heterocycles. The van der Waals surface area contributed by atoms with Crippen LogP contribution in [-0.2, 0) is 9.59 Å². The van der Waals surface area contributed by atoms with Crippen molar-refractivity contribution >= 4 is 34.7 Å². The van der Waals surface area contributed by atoms with Gasteiger partial charge in [-0.1, -0.05) is 20.8 Å². The summed E-state index contributed by atoms with van der Waals surface area (Å²) in [4.78, 5) is 56.2. The van der Waals surface area contributed by atoms with Gasteiger partial charge in [0.15, 0.2) is 5.65 Å². The summed E-state index contributed by atoms with van der Waals surface area (Å²) in [6, 6.07) is 4.40. The number of thioether (sulfide) groups is 1. The molecule has 2 unspecified atom stereocenters. The van der Waals surface area contributed by atoms with Gasteiger partial charge in [0, 0.05) is 70.5 Å². The zero-order chi connectivity index (χ0) is 32.9. The molecule has 10 nitrogen and oxygen atoms in total. The molecule has 3 aliphatic heterocycles. The standard InChI is InChI=1S/C35H48FN7O3S/c1-35(2,3)13-17-42-32(45)28(22-29(44)40-15-11-24(12-16-40)43-27-8-5-14-37-31(27)38-34(43)46)47-33(42)25-6-4-7-26(36)30(25)41-20-18-39(19-21-41)23-9-10-23/h5,7-8,14,23-24,28,33H,4,6,9-13,15-22H2,1-3H3,(H,37,38,46). The monoisotopic (exact) mass is 665 g/mol. The van der Waals surface area contributed by atoms with Gasteiger partial charge in [0.1, 0.15) is 11.2 Å². The summed E-state index contributed by atoms with van der Waals surface area (Å²) in [6.45, 7) is 11.6. The predicted molar refractivity (Wildman–Crippen MR) is 182 cm³/mol. The largest absolute Gasteiger partial charge is 0.367 e. The van der Waals surface area contributed by atoms with Crippen LogP contribution >= 0.6 is 11.8 Å². The van der Waals surface area contributed by atoms with E-state index in [1.54, 1.807) is 28.6 Å². The third-order valence-corrected chi connectivity index (χ3v) is 12.0. The first-order valence-electron chi connectivity index (χ1n) is 17.4. The molecule has 0 radical (unpaired) electrons. The molecule has 1 saturated carbocycles. The third kappa shape index (κ3) is 6.77. The first-order chi connectivity index (χ1) is 22.6. The number of carbonyl (C=O) groups is 2. The highest BCUT2D eigenvalue weighted by Gasteiger charge is 2.45. The number of pyridine rings is 1. The normalized spacial score (nSPS) is 25.3. The molecule has 2 aliphatic carbocycles. The van der Waals surface area contributed by atoms with Crippen LogP contribution in [0.5, 0.6) is 0 Å². The molecule has 12 heteroatoms. The van der Waals surface area contributed by atoms with Crippen molar-refractivity contribution in [3.8, 4) is 0 Å². The Kier molecular flexibility index (Phi) is 9.01. The van der Waals surface area contributed by atoms with Crippen LogP contribution in [0.1, 0.15) is 78.2 Å². The summed E-state index contributed by atoms with van der Waals surface area (Å²) in [5.41, 5.74) is 2.91. The van der Waals surface area contributed by atoms with Gasteiger partial charge >= 0.3 is 5.69 Å². The highest BCUT2D eigenvalue weighted by Crippen LogP contribution is 2.44. The second kappa shape index (κ2) is 13.1. The van der Waals surface area contributed by atoms with E-state index in [-0.39, 0.29) is 46.6 Å². The Balaban J connectivity index is 1.06. The molecule has 7 rings (SSSR count). The van der Waals surface area contributed by atoms with Crippen molar-refractivity contribution in [2.24, 2.45) is 5.41 Å². The van der Waals surface area contributed by atoms with Crippen LogP contribution in [0.4, 0.5) is 4.39 Å². The van der Waals surface area contributed by atoms with E-state index < -0.39 is 5.25 Å². The van der Waals surface area contributed by atoms with Crippen LogP contribution < -0.4 is 5.69 Å². The van der Waals surface area contributed by atoms with Gasteiger partial charge in [0.25, 0.3) is 0 Å². The number of hydrogen-bond donors (Lipinski definition) is 1. The SMILES string of the molecule is CC(C)(C)CCN1C(=O)C(CC(=O)N2CCC(n3c(=O)[nH]c4ncccc43)CC2)SC1C1=C(N2CCN(C3CC3)CC2)C(F)=CCC1. The average molecular weight is 666 g/mol. The van der Waals surface area contributed by atoms with Crippen LogP contribution in [0.2, 0.25) is 0 Å². The van der Waals surface area contributed by atoms with Crippen LogP contribution in [0.15, 0.2) is 46.3 Å². The molecule has 2 atom stereocenters. The molecule has 254 valence electrons. The van der Waals surface area contributed by atoms with Gasteiger partial charge in [0.2, 0.25) is 11.8 Å². The number of H-pyrrole nitrogens is 1. The van der Waals surface area contributed by atoms with Crippen LogP contribution in [-0.4, -0.2) is 108 Å². The molecule has 5 heterocycles. The summed E-state index contributed by atoms with van der Waals surface area (Å²) in [5, 5.41) is -0.770. The Morgan fingerprint density at radius 1 is 1.04 bits per heavy atom. The van der Waals surface area contributed by atoms with Gasteiger partial charge in [-0.15, -0.1) is 11.8 Å². The topological polar surface area (TPSA) is 97.8 Å². The number of halogens is 1. The number of aromatic nitrogens is 3. The maximum atomic E-state index is 15.7. The number of imidazole rings is 1. The summed E-state index contributed by atoms with van der Waals surface area (Å²) >= 11 is 1.55. The average Bonchev–Trinajstić information content (AvgIpc) is 3.78. The van der Waals surface area contributed by atoms with Gasteiger partial charge in [0.05, 0.1) is 16.5 Å². The number of rotatable bonds is 8. The van der Waals surface area contributed by atoms with Crippen LogP contribution in [0.3, 0.4) is 0 Å². The number of nitrogens with one attached hydrogen (secondary N) is 1. The maximum Gasteiger partial charge on any atom is 0.327 e. The molecule has 1 N–H and O–H groups in total. The van der Waals surface area contributed by atoms with Crippen molar-refractivity contribution in [1.29, 1.82) is 0 Å². The number of hydrogen-bond acceptors (Lipinski definition) is 7. The fourth-order valence-electron chi connectivity index (χ4n) is 7.73. The van der Waals surface area contributed by atoms with E-state index in [2.05, 4.69) is 40.5 Å². The minimum atomic E-state index is -0.498. The van der Waals surface area contributed by atoms with Crippen LogP contribution in [0, 0.1) is 5.41 Å². The van der Waals surface area contributed by atoms with Crippen molar-refractivity contribution < 1.29 is 14.0 Å². The number of piperidine rings is 1. The van der Waals surface area contributed by atoms with E-state index in [0.717, 1.165) is 50.1 Å². The summed E-state index contributed by atoms with van der Waals surface area (Å²) in [7, 11) is 0. The number of allylic oxidation sites excluding steroid dienone is 2. The van der Waals surface area contributed by atoms with Crippen molar-refractivity contribution in [2.75, 3.05) is 45.8 Å². The lowest BCUT2D eigenvalue weighted by atomic mass is 9.91. The summed E-state index contributed by atoms with van der Waals surface area (Å²) < 4.78 is 17.5. The molecular weight excluding hydrogens is 617 g/mol. The fourth-order valence-corrected chi connectivity index (χ4v) is 9.28. The number of fused-ring (bicyclic) bond motifs is 1. The molecular formula is C35H48FN7O3S.